The lowest BCUT2D eigenvalue weighted by Crippen LogP contribution is -2.45. The molecule has 4 atom stereocenters. The smallest absolute Gasteiger partial charge is 0.312 e. The molecule has 0 saturated carbocycles. The first kappa shape index (κ1) is 22.6. The number of benzene rings is 1. The number of fused-ring (bicyclic) bond motifs is 1. The molecule has 1 aliphatic heterocycles. The molecular weight excluding hydrogens is 429 g/mol. The summed E-state index contributed by atoms with van der Waals surface area (Å²) in [6.45, 7) is 5.15. The van der Waals surface area contributed by atoms with Crippen LogP contribution in [-0.4, -0.2) is 43.3 Å². The van der Waals surface area contributed by atoms with E-state index in [4.69, 9.17) is 19.9 Å². The number of hydrogen-bond donors (Lipinski definition) is 1. The summed E-state index contributed by atoms with van der Waals surface area (Å²) >= 11 is 0. The summed E-state index contributed by atoms with van der Waals surface area (Å²) in [4.78, 5) is 23.6. The molecule has 2 N–H and O–H groups in total. The first-order valence-electron chi connectivity index (χ1n) is 10.5. The minimum Gasteiger partial charge on any atom is -0.455 e. The Bertz CT molecular complexity index is 1220. The van der Waals surface area contributed by atoms with Gasteiger partial charge in [-0.2, -0.15) is 14.4 Å². The predicted molar refractivity (Wildman–Crippen MR) is 117 cm³/mol. The van der Waals surface area contributed by atoms with Gasteiger partial charge in [-0.1, -0.05) is 43.2 Å². The lowest BCUT2D eigenvalue weighted by Gasteiger charge is -2.29. The molecule has 1 fully saturated rings. The van der Waals surface area contributed by atoms with Crippen LogP contribution in [-0.2, 0) is 25.6 Å². The van der Waals surface area contributed by atoms with Crippen LogP contribution in [0.3, 0.4) is 0 Å². The lowest BCUT2D eigenvalue weighted by atomic mass is 9.92. The maximum atomic E-state index is 14.0. The van der Waals surface area contributed by atoms with Gasteiger partial charge in [0, 0.05) is 6.92 Å². The van der Waals surface area contributed by atoms with Gasteiger partial charge in [-0.15, -0.1) is 5.92 Å². The number of rotatable bonds is 6. The van der Waals surface area contributed by atoms with E-state index in [1.807, 2.05) is 37.3 Å². The van der Waals surface area contributed by atoms with Gasteiger partial charge >= 0.3 is 12.0 Å². The molecule has 1 aliphatic rings. The Balaban J connectivity index is 1.80. The van der Waals surface area contributed by atoms with Crippen LogP contribution >= 0.6 is 0 Å². The van der Waals surface area contributed by atoms with E-state index in [9.17, 15) is 9.18 Å². The van der Waals surface area contributed by atoms with Crippen LogP contribution in [0.2, 0.25) is 0 Å². The van der Waals surface area contributed by atoms with Crippen LogP contribution in [0.1, 0.15) is 39.0 Å². The average molecular weight is 453 g/mol. The second kappa shape index (κ2) is 9.13. The summed E-state index contributed by atoms with van der Waals surface area (Å²) in [7, 11) is 0. The van der Waals surface area contributed by atoms with E-state index in [1.165, 1.54) is 17.8 Å². The van der Waals surface area contributed by atoms with Crippen LogP contribution in [0, 0.1) is 17.9 Å². The molecule has 1 unspecified atom stereocenters. The number of esters is 1. The SMILES string of the molecule is CC#C[C@]1(CC)O[C@@H](n2cnc3c(N)nc(F)nc32)C(OC(C)=O)[C@H]1OCc1ccccc1. The zero-order chi connectivity index (χ0) is 23.6. The molecule has 3 aromatic rings. The first-order chi connectivity index (χ1) is 15.9. The summed E-state index contributed by atoms with van der Waals surface area (Å²) in [5.74, 6) is 5.37. The van der Waals surface area contributed by atoms with Crippen molar-refractivity contribution in [3.05, 3.63) is 48.3 Å². The highest BCUT2D eigenvalue weighted by molar-refractivity contribution is 5.81. The summed E-state index contributed by atoms with van der Waals surface area (Å²) in [6, 6.07) is 9.59. The van der Waals surface area contributed by atoms with Crippen LogP contribution in [0.25, 0.3) is 11.2 Å². The molecule has 33 heavy (non-hydrogen) atoms. The normalized spacial score (nSPS) is 24.4. The Morgan fingerprint density at radius 2 is 2.09 bits per heavy atom. The third-order valence-electron chi connectivity index (χ3n) is 5.50. The number of nitrogens with zero attached hydrogens (tertiary/aromatic N) is 4. The van der Waals surface area contributed by atoms with E-state index in [1.54, 1.807) is 6.92 Å². The van der Waals surface area contributed by atoms with E-state index in [2.05, 4.69) is 26.8 Å². The molecule has 3 heterocycles. The van der Waals surface area contributed by atoms with Crippen LogP contribution in [0.15, 0.2) is 36.7 Å². The number of anilines is 1. The average Bonchev–Trinajstić information content (AvgIpc) is 3.32. The number of halogens is 1. The molecule has 0 bridgehead atoms. The number of aromatic nitrogens is 4. The fraction of sp³-hybridized carbons (Fsp3) is 0.391. The Hall–Kier alpha value is -3.55. The highest BCUT2D eigenvalue weighted by Crippen LogP contribution is 2.44. The second-order valence-corrected chi connectivity index (χ2v) is 7.62. The van der Waals surface area contributed by atoms with Crippen LogP contribution in [0.4, 0.5) is 10.2 Å². The largest absolute Gasteiger partial charge is 0.455 e. The van der Waals surface area contributed by atoms with Gasteiger partial charge in [0.1, 0.15) is 6.10 Å². The number of imidazole rings is 1. The summed E-state index contributed by atoms with van der Waals surface area (Å²) in [5.41, 5.74) is 5.97. The van der Waals surface area contributed by atoms with Gasteiger partial charge in [0.25, 0.3) is 0 Å². The molecule has 2 aromatic heterocycles. The van der Waals surface area contributed by atoms with Crippen molar-refractivity contribution in [2.24, 2.45) is 0 Å². The van der Waals surface area contributed by atoms with Crippen molar-refractivity contribution in [1.29, 1.82) is 0 Å². The number of hydrogen-bond acceptors (Lipinski definition) is 8. The fourth-order valence-electron chi connectivity index (χ4n) is 4.06. The monoisotopic (exact) mass is 453 g/mol. The van der Waals surface area contributed by atoms with Gasteiger partial charge in [0.2, 0.25) is 0 Å². The third-order valence-corrected chi connectivity index (χ3v) is 5.50. The number of carbonyl (C=O) groups is 1. The quantitative estimate of drug-likeness (QED) is 0.344. The Morgan fingerprint density at radius 3 is 2.76 bits per heavy atom. The van der Waals surface area contributed by atoms with Crippen LogP contribution in [0.5, 0.6) is 0 Å². The topological polar surface area (TPSA) is 114 Å². The van der Waals surface area contributed by atoms with Gasteiger partial charge in [-0.05, 0) is 18.9 Å². The van der Waals surface area contributed by atoms with Gasteiger partial charge in [0.05, 0.1) is 12.9 Å². The molecule has 0 spiro atoms. The van der Waals surface area contributed by atoms with Gasteiger partial charge in [-0.3, -0.25) is 9.36 Å². The zero-order valence-corrected chi connectivity index (χ0v) is 18.5. The van der Waals surface area contributed by atoms with Crippen molar-refractivity contribution in [3.63, 3.8) is 0 Å². The van der Waals surface area contributed by atoms with Gasteiger partial charge < -0.3 is 19.9 Å². The van der Waals surface area contributed by atoms with Gasteiger partial charge in [0.15, 0.2) is 34.9 Å². The summed E-state index contributed by atoms with van der Waals surface area (Å²) in [6.07, 6.45) is -1.76. The molecule has 10 heteroatoms. The van der Waals surface area contributed by atoms with Crippen molar-refractivity contribution in [2.75, 3.05) is 5.73 Å². The van der Waals surface area contributed by atoms with Crippen molar-refractivity contribution in [3.8, 4) is 11.8 Å². The molecule has 1 aromatic carbocycles. The van der Waals surface area contributed by atoms with Crippen LogP contribution < -0.4 is 5.73 Å². The number of carbonyl (C=O) groups excluding carboxylic acids is 1. The molecule has 9 nitrogen and oxygen atoms in total. The molecule has 1 saturated heterocycles. The Morgan fingerprint density at radius 1 is 1.33 bits per heavy atom. The predicted octanol–water partition coefficient (Wildman–Crippen LogP) is 2.77. The second-order valence-electron chi connectivity index (χ2n) is 7.62. The van der Waals surface area contributed by atoms with Crippen molar-refractivity contribution >= 4 is 23.0 Å². The minimum absolute atomic E-state index is 0.106. The van der Waals surface area contributed by atoms with Crippen molar-refractivity contribution in [2.45, 2.75) is 57.8 Å². The molecule has 0 aliphatic carbocycles. The Kier molecular flexibility index (Phi) is 6.26. The van der Waals surface area contributed by atoms with E-state index in [0.717, 1.165) is 5.56 Å². The standard InChI is InChI=1S/C23H24FN5O4/c1-4-11-23(5-2)18(31-12-15-9-7-6-8-10-15)17(32-14(3)30)21(33-23)29-13-26-16-19(25)27-22(24)28-20(16)29/h6-10,13,17-18,21H,5,12H2,1-3H3,(H2,25,27,28)/t17?,18-,21-,23+/m1/s1. The van der Waals surface area contributed by atoms with E-state index in [-0.39, 0.29) is 23.6 Å². The number of nitrogens with two attached hydrogens (primary N) is 1. The fourth-order valence-corrected chi connectivity index (χ4v) is 4.06. The summed E-state index contributed by atoms with van der Waals surface area (Å²) < 4.78 is 33.8. The molecule has 4 rings (SSSR count). The van der Waals surface area contributed by atoms with Crippen molar-refractivity contribution < 1.29 is 23.4 Å². The first-order valence-corrected chi connectivity index (χ1v) is 10.5. The zero-order valence-electron chi connectivity index (χ0n) is 18.5. The maximum Gasteiger partial charge on any atom is 0.312 e. The molecule has 0 radical (unpaired) electrons. The van der Waals surface area contributed by atoms with Gasteiger partial charge in [-0.25, -0.2) is 4.98 Å². The highest BCUT2D eigenvalue weighted by Gasteiger charge is 2.57. The van der Waals surface area contributed by atoms with E-state index >= 15 is 0 Å². The third kappa shape index (κ3) is 4.25. The Labute approximate surface area is 190 Å². The molecule has 172 valence electrons. The minimum atomic E-state index is -1.10. The molecule has 0 amide bonds. The maximum absolute atomic E-state index is 14.0. The molecular formula is C23H24FN5O4. The lowest BCUT2D eigenvalue weighted by molar-refractivity contribution is -0.158. The number of ether oxygens (including phenoxy) is 3. The van der Waals surface area contributed by atoms with Crippen molar-refractivity contribution in [1.82, 2.24) is 19.5 Å². The van der Waals surface area contributed by atoms with E-state index in [0.29, 0.717) is 6.42 Å². The highest BCUT2D eigenvalue weighted by atomic mass is 19.1. The van der Waals surface area contributed by atoms with E-state index < -0.39 is 36.1 Å². The summed E-state index contributed by atoms with van der Waals surface area (Å²) in [5, 5.41) is 0. The number of nitrogen functional groups attached to an aromatic ring is 1.